The van der Waals surface area contributed by atoms with Crippen LogP contribution >= 0.6 is 0 Å². The van der Waals surface area contributed by atoms with Gasteiger partial charge in [-0.1, -0.05) is 6.08 Å². The molecule has 1 N–H and O–H groups in total. The lowest BCUT2D eigenvalue weighted by molar-refractivity contribution is -0.385. The smallest absolute Gasteiger partial charge is 0.379 e. The van der Waals surface area contributed by atoms with Crippen LogP contribution in [-0.2, 0) is 15.7 Å². The summed E-state index contributed by atoms with van der Waals surface area (Å²) in [6.07, 6.45) is 0.521. The molecule has 2 aliphatic rings. The van der Waals surface area contributed by atoms with Crippen LogP contribution in [0.2, 0.25) is 0 Å². The lowest BCUT2D eigenvalue weighted by Crippen LogP contribution is -2.39. The highest BCUT2D eigenvalue weighted by atomic mass is 19.4. The normalized spacial score (nSPS) is 21.0. The van der Waals surface area contributed by atoms with Gasteiger partial charge < -0.3 is 14.8 Å². The molecule has 1 saturated heterocycles. The van der Waals surface area contributed by atoms with Gasteiger partial charge in [0.2, 0.25) is 0 Å². The molecule has 1 aliphatic carbocycles. The lowest BCUT2D eigenvalue weighted by atomic mass is 10.0. The Labute approximate surface area is 187 Å². The van der Waals surface area contributed by atoms with E-state index in [4.69, 9.17) is 9.47 Å². The third-order valence-corrected chi connectivity index (χ3v) is 5.73. The van der Waals surface area contributed by atoms with Gasteiger partial charge in [0.1, 0.15) is 0 Å². The van der Waals surface area contributed by atoms with Gasteiger partial charge in [-0.05, 0) is 44.4 Å². The minimum absolute atomic E-state index is 0.0121. The molecule has 4 rings (SSSR count). The van der Waals surface area contributed by atoms with Crippen LogP contribution in [0.3, 0.4) is 0 Å². The molecule has 1 aliphatic heterocycles. The number of nitro benzene ring substituents is 1. The van der Waals surface area contributed by atoms with Crippen LogP contribution in [0.4, 0.5) is 24.7 Å². The molecule has 0 amide bonds. The number of hydrogen-bond donors (Lipinski definition) is 1. The Morgan fingerprint density at radius 1 is 1.27 bits per heavy atom. The average molecular weight is 464 g/mol. The first-order chi connectivity index (χ1) is 15.6. The molecular formula is C22H23F3N4O4. The number of ether oxygens (including phenoxy) is 2. The number of nitrogens with zero attached hydrogens (tertiary/aromatic N) is 3. The largest absolute Gasteiger partial charge is 0.416 e. The zero-order valence-corrected chi connectivity index (χ0v) is 18.1. The number of halogens is 3. The van der Waals surface area contributed by atoms with Crippen molar-refractivity contribution in [2.75, 3.05) is 18.5 Å². The molecule has 0 radical (unpaired) electrons. The maximum Gasteiger partial charge on any atom is 0.416 e. The summed E-state index contributed by atoms with van der Waals surface area (Å²) in [5, 5.41) is 24.2. The number of aryl methyl sites for hydroxylation is 1. The summed E-state index contributed by atoms with van der Waals surface area (Å²) in [5.74, 6) is 0.371. The van der Waals surface area contributed by atoms with Crippen LogP contribution in [-0.4, -0.2) is 40.5 Å². The van der Waals surface area contributed by atoms with E-state index in [1.807, 2.05) is 19.1 Å². The number of rotatable bonds is 6. The first-order valence-corrected chi connectivity index (χ1v) is 10.5. The first-order valence-electron chi connectivity index (χ1n) is 10.5. The number of aromatic nitrogens is 2. The summed E-state index contributed by atoms with van der Waals surface area (Å²) in [6, 6.07) is 1.86. The number of alkyl halides is 3. The Morgan fingerprint density at radius 2 is 2.06 bits per heavy atom. The summed E-state index contributed by atoms with van der Waals surface area (Å²) in [4.78, 5) is 10.3. The Hall–Kier alpha value is -3.05. The topological polar surface area (TPSA) is 99.4 Å². The zero-order chi connectivity index (χ0) is 23.8. The summed E-state index contributed by atoms with van der Waals surface area (Å²) in [7, 11) is 0. The van der Waals surface area contributed by atoms with Gasteiger partial charge in [-0.3, -0.25) is 10.1 Å². The number of nitrogens with one attached hydrogen (secondary N) is 1. The maximum atomic E-state index is 13.3. The molecule has 2 heterocycles. The highest BCUT2D eigenvalue weighted by Gasteiger charge is 2.33. The minimum Gasteiger partial charge on any atom is -0.379 e. The fourth-order valence-corrected chi connectivity index (χ4v) is 3.98. The molecule has 11 heteroatoms. The van der Waals surface area contributed by atoms with Crippen LogP contribution < -0.4 is 15.8 Å². The molecular weight excluding hydrogens is 441 g/mol. The van der Waals surface area contributed by atoms with E-state index in [0.29, 0.717) is 31.5 Å². The van der Waals surface area contributed by atoms with Crippen molar-refractivity contribution in [3.05, 3.63) is 55.6 Å². The van der Waals surface area contributed by atoms with E-state index in [2.05, 4.69) is 15.5 Å². The van der Waals surface area contributed by atoms with Crippen LogP contribution in [0.5, 0.6) is 0 Å². The summed E-state index contributed by atoms with van der Waals surface area (Å²) in [6.45, 7) is 4.64. The molecule has 1 unspecified atom stereocenters. The van der Waals surface area contributed by atoms with E-state index < -0.39 is 28.4 Å². The molecule has 2 aromatic rings. The van der Waals surface area contributed by atoms with Crippen molar-refractivity contribution in [3.8, 4) is 0 Å². The SMILES string of the molecule is Cc1nnc(N[C@H](C)c2cc([N+](=O)[O-])cc(C(F)(F)F)c2)c2c1=CCC(O[C@H]1CCOC1)C=2. The third-order valence-electron chi connectivity index (χ3n) is 5.73. The Morgan fingerprint density at radius 3 is 2.73 bits per heavy atom. The van der Waals surface area contributed by atoms with Crippen LogP contribution in [0.1, 0.15) is 42.6 Å². The molecule has 1 aromatic carbocycles. The molecule has 3 atom stereocenters. The summed E-state index contributed by atoms with van der Waals surface area (Å²) < 4.78 is 51.3. The van der Waals surface area contributed by atoms with Crippen LogP contribution in [0.25, 0.3) is 12.2 Å². The predicted octanol–water partition coefficient (Wildman–Crippen LogP) is 3.02. The summed E-state index contributed by atoms with van der Waals surface area (Å²) in [5.41, 5.74) is -0.873. The van der Waals surface area contributed by atoms with Gasteiger partial charge in [-0.15, -0.1) is 5.10 Å². The van der Waals surface area contributed by atoms with E-state index in [0.717, 1.165) is 34.7 Å². The molecule has 0 saturated carbocycles. The lowest BCUT2D eigenvalue weighted by Gasteiger charge is -2.21. The first kappa shape index (κ1) is 23.1. The molecule has 1 fully saturated rings. The van der Waals surface area contributed by atoms with E-state index >= 15 is 0 Å². The Balaban J connectivity index is 1.67. The van der Waals surface area contributed by atoms with Crippen molar-refractivity contribution in [1.29, 1.82) is 0 Å². The molecule has 0 bridgehead atoms. The van der Waals surface area contributed by atoms with Crippen molar-refractivity contribution in [2.24, 2.45) is 0 Å². The molecule has 0 spiro atoms. The number of benzene rings is 1. The highest BCUT2D eigenvalue weighted by Crippen LogP contribution is 2.34. The minimum atomic E-state index is -4.71. The summed E-state index contributed by atoms with van der Waals surface area (Å²) >= 11 is 0. The fourth-order valence-electron chi connectivity index (χ4n) is 3.98. The van der Waals surface area contributed by atoms with Gasteiger partial charge in [0.15, 0.2) is 5.82 Å². The predicted molar refractivity (Wildman–Crippen MR) is 114 cm³/mol. The van der Waals surface area contributed by atoms with E-state index in [-0.39, 0.29) is 17.8 Å². The van der Waals surface area contributed by atoms with Crippen molar-refractivity contribution in [2.45, 2.75) is 51.1 Å². The van der Waals surface area contributed by atoms with Crippen molar-refractivity contribution in [1.82, 2.24) is 10.2 Å². The maximum absolute atomic E-state index is 13.3. The molecule has 176 valence electrons. The zero-order valence-electron chi connectivity index (χ0n) is 18.1. The van der Waals surface area contributed by atoms with Crippen molar-refractivity contribution >= 4 is 23.7 Å². The van der Waals surface area contributed by atoms with E-state index in [1.54, 1.807) is 6.92 Å². The average Bonchev–Trinajstić information content (AvgIpc) is 3.27. The van der Waals surface area contributed by atoms with Crippen molar-refractivity contribution in [3.63, 3.8) is 0 Å². The van der Waals surface area contributed by atoms with Gasteiger partial charge in [-0.2, -0.15) is 18.3 Å². The van der Waals surface area contributed by atoms with Gasteiger partial charge in [0.25, 0.3) is 5.69 Å². The second-order valence-electron chi connectivity index (χ2n) is 8.16. The molecule has 8 nitrogen and oxygen atoms in total. The number of nitro groups is 1. The standard InChI is InChI=1S/C22H23F3N4O4/c1-12(14-7-15(22(23,24)25)9-16(8-14)29(30)31)26-21-20-10-17(33-18-5-6-32-11-18)3-4-19(20)13(2)27-28-21/h4,7-10,12,17-18H,3,5-6,11H2,1-2H3,(H,26,28)/t12-,17?,18+/m1/s1. The number of anilines is 1. The van der Waals surface area contributed by atoms with Crippen molar-refractivity contribution < 1.29 is 27.6 Å². The Bertz CT molecular complexity index is 1180. The van der Waals surface area contributed by atoms with Gasteiger partial charge in [0, 0.05) is 29.2 Å². The van der Waals surface area contributed by atoms with Crippen LogP contribution in [0, 0.1) is 17.0 Å². The Kier molecular flexibility index (Phi) is 6.35. The van der Waals surface area contributed by atoms with Gasteiger partial charge in [0.05, 0.1) is 41.0 Å². The monoisotopic (exact) mass is 464 g/mol. The quantitative estimate of drug-likeness (QED) is 0.518. The third kappa shape index (κ3) is 5.14. The number of hydrogen-bond acceptors (Lipinski definition) is 7. The molecule has 33 heavy (non-hydrogen) atoms. The van der Waals surface area contributed by atoms with Crippen LogP contribution in [0.15, 0.2) is 18.2 Å². The van der Waals surface area contributed by atoms with Gasteiger partial charge >= 0.3 is 6.18 Å². The molecule has 1 aromatic heterocycles. The van der Waals surface area contributed by atoms with E-state index in [9.17, 15) is 23.3 Å². The second kappa shape index (κ2) is 9.06. The van der Waals surface area contributed by atoms with E-state index in [1.165, 1.54) is 0 Å². The fraction of sp³-hybridized carbons (Fsp3) is 0.455. The van der Waals surface area contributed by atoms with Gasteiger partial charge in [-0.25, -0.2) is 0 Å². The highest BCUT2D eigenvalue weighted by molar-refractivity contribution is 5.53. The second-order valence-corrected chi connectivity index (χ2v) is 8.16. The number of non-ortho nitro benzene ring substituents is 1. The number of fused-ring (bicyclic) bond motifs is 1.